The molecule has 1 atom stereocenters. The first-order chi connectivity index (χ1) is 8.86. The fraction of sp³-hybridized carbons (Fsp3) is 0.273. The SMILES string of the molecule is COc1c(Cl)cc(C(=O)NC[C@H](O)C(=O)O)cc1Cl. The molecule has 0 saturated heterocycles. The van der Waals surface area contributed by atoms with E-state index in [4.69, 9.17) is 38.2 Å². The molecule has 6 nitrogen and oxygen atoms in total. The average Bonchev–Trinajstić information content (AvgIpc) is 2.34. The smallest absolute Gasteiger partial charge is 0.334 e. The standard InChI is InChI=1S/C11H11Cl2NO5/c1-19-9-6(12)2-5(3-7(9)13)10(16)14-4-8(15)11(17)18/h2-3,8,15H,4H2,1H3,(H,14,16)(H,17,18)/t8-/m0/s1. The predicted octanol–water partition coefficient (Wildman–Crippen LogP) is 1.18. The summed E-state index contributed by atoms with van der Waals surface area (Å²) in [6.45, 7) is -0.421. The number of nitrogens with one attached hydrogen (secondary N) is 1. The minimum atomic E-state index is -1.67. The first kappa shape index (κ1) is 15.6. The predicted molar refractivity (Wildman–Crippen MR) is 69.0 cm³/mol. The van der Waals surface area contributed by atoms with E-state index >= 15 is 0 Å². The van der Waals surface area contributed by atoms with Gasteiger partial charge in [-0.1, -0.05) is 23.2 Å². The summed E-state index contributed by atoms with van der Waals surface area (Å²) in [6, 6.07) is 2.66. The zero-order chi connectivity index (χ0) is 14.6. The van der Waals surface area contributed by atoms with Crippen LogP contribution in [-0.2, 0) is 4.79 Å². The average molecular weight is 308 g/mol. The van der Waals surface area contributed by atoms with Crippen LogP contribution in [0.1, 0.15) is 10.4 Å². The number of ether oxygens (including phenoxy) is 1. The summed E-state index contributed by atoms with van der Waals surface area (Å²) in [7, 11) is 1.38. The van der Waals surface area contributed by atoms with Crippen LogP contribution in [-0.4, -0.2) is 41.8 Å². The van der Waals surface area contributed by atoms with Crippen LogP contribution in [0, 0.1) is 0 Å². The van der Waals surface area contributed by atoms with Gasteiger partial charge in [-0.05, 0) is 12.1 Å². The first-order valence-electron chi connectivity index (χ1n) is 5.09. The molecule has 0 aliphatic carbocycles. The summed E-state index contributed by atoms with van der Waals surface area (Å²) in [5, 5.41) is 20.0. The molecule has 0 radical (unpaired) electrons. The molecule has 0 unspecified atom stereocenters. The van der Waals surface area contributed by atoms with Gasteiger partial charge in [0.25, 0.3) is 5.91 Å². The van der Waals surface area contributed by atoms with Crippen LogP contribution in [0.3, 0.4) is 0 Å². The number of amides is 1. The second-order valence-corrected chi connectivity index (χ2v) is 4.35. The molecule has 8 heteroatoms. The zero-order valence-corrected chi connectivity index (χ0v) is 11.3. The Balaban J connectivity index is 2.81. The normalized spacial score (nSPS) is 11.8. The zero-order valence-electron chi connectivity index (χ0n) is 9.81. The van der Waals surface area contributed by atoms with Gasteiger partial charge in [-0.15, -0.1) is 0 Å². The molecule has 0 heterocycles. The number of hydrogen-bond donors (Lipinski definition) is 3. The summed E-state index contributed by atoms with van der Waals surface area (Å²) in [6.07, 6.45) is -1.67. The summed E-state index contributed by atoms with van der Waals surface area (Å²) in [5.41, 5.74) is 0.133. The minimum absolute atomic E-state index is 0.133. The Kier molecular flexibility index (Phi) is 5.41. The number of carboxylic acid groups (broad SMARTS) is 1. The van der Waals surface area contributed by atoms with E-state index in [1.54, 1.807) is 0 Å². The molecule has 1 rings (SSSR count). The Hall–Kier alpha value is -1.50. The number of carbonyl (C=O) groups excluding carboxylic acids is 1. The van der Waals surface area contributed by atoms with Crippen molar-refractivity contribution < 1.29 is 24.5 Å². The first-order valence-corrected chi connectivity index (χ1v) is 5.84. The number of aliphatic hydroxyl groups is 1. The lowest BCUT2D eigenvalue weighted by molar-refractivity contribution is -0.146. The highest BCUT2D eigenvalue weighted by molar-refractivity contribution is 6.37. The highest BCUT2D eigenvalue weighted by Gasteiger charge is 2.17. The number of methoxy groups -OCH3 is 1. The van der Waals surface area contributed by atoms with Crippen molar-refractivity contribution >= 4 is 35.1 Å². The van der Waals surface area contributed by atoms with Gasteiger partial charge in [0.1, 0.15) is 0 Å². The van der Waals surface area contributed by atoms with E-state index in [0.29, 0.717) is 0 Å². The van der Waals surface area contributed by atoms with Gasteiger partial charge in [-0.2, -0.15) is 0 Å². The molecule has 0 aliphatic rings. The number of aliphatic hydroxyl groups excluding tert-OH is 1. The number of benzene rings is 1. The quantitative estimate of drug-likeness (QED) is 0.759. The van der Waals surface area contributed by atoms with Crippen molar-refractivity contribution in [3.8, 4) is 5.75 Å². The van der Waals surface area contributed by atoms with Gasteiger partial charge < -0.3 is 20.3 Å². The maximum atomic E-state index is 11.7. The Morgan fingerprint density at radius 1 is 1.37 bits per heavy atom. The van der Waals surface area contributed by atoms with E-state index in [1.165, 1.54) is 19.2 Å². The molecule has 0 spiro atoms. The van der Waals surface area contributed by atoms with Crippen molar-refractivity contribution in [2.45, 2.75) is 6.10 Å². The molecular formula is C11H11Cl2NO5. The molecule has 1 aromatic rings. The minimum Gasteiger partial charge on any atom is -0.494 e. The number of aliphatic carboxylic acids is 1. The second kappa shape index (κ2) is 6.60. The van der Waals surface area contributed by atoms with Crippen molar-refractivity contribution in [2.24, 2.45) is 0 Å². The van der Waals surface area contributed by atoms with Crippen molar-refractivity contribution in [1.82, 2.24) is 5.32 Å². The van der Waals surface area contributed by atoms with Crippen LogP contribution in [0.4, 0.5) is 0 Å². The lowest BCUT2D eigenvalue weighted by Gasteiger charge is -2.10. The van der Waals surface area contributed by atoms with Gasteiger partial charge in [0, 0.05) is 5.56 Å². The van der Waals surface area contributed by atoms with Crippen LogP contribution in [0.5, 0.6) is 5.75 Å². The number of hydrogen-bond acceptors (Lipinski definition) is 4. The van der Waals surface area contributed by atoms with E-state index in [-0.39, 0.29) is 21.4 Å². The van der Waals surface area contributed by atoms with E-state index in [9.17, 15) is 9.59 Å². The topological polar surface area (TPSA) is 95.9 Å². The summed E-state index contributed by atoms with van der Waals surface area (Å²) in [5.74, 6) is -1.79. The third-order valence-electron chi connectivity index (χ3n) is 2.21. The summed E-state index contributed by atoms with van der Waals surface area (Å²) in [4.78, 5) is 22.1. The molecule has 3 N–H and O–H groups in total. The van der Waals surface area contributed by atoms with Crippen LogP contribution >= 0.6 is 23.2 Å². The lowest BCUT2D eigenvalue weighted by atomic mass is 10.2. The number of carboxylic acids is 1. The van der Waals surface area contributed by atoms with Gasteiger partial charge in [0.05, 0.1) is 23.7 Å². The van der Waals surface area contributed by atoms with Crippen LogP contribution in [0.25, 0.3) is 0 Å². The molecule has 0 saturated carbocycles. The largest absolute Gasteiger partial charge is 0.494 e. The third kappa shape index (κ3) is 3.99. The van der Waals surface area contributed by atoms with Crippen LogP contribution in [0.15, 0.2) is 12.1 Å². The third-order valence-corrected chi connectivity index (χ3v) is 2.77. The van der Waals surface area contributed by atoms with Crippen molar-refractivity contribution in [2.75, 3.05) is 13.7 Å². The number of halogens is 2. The maximum absolute atomic E-state index is 11.7. The second-order valence-electron chi connectivity index (χ2n) is 3.54. The molecule has 0 fully saturated rings. The molecule has 1 amide bonds. The van der Waals surface area contributed by atoms with E-state index < -0.39 is 24.5 Å². The van der Waals surface area contributed by atoms with Crippen molar-refractivity contribution in [1.29, 1.82) is 0 Å². The fourth-order valence-electron chi connectivity index (χ4n) is 1.26. The summed E-state index contributed by atoms with van der Waals surface area (Å²) < 4.78 is 4.93. The molecule has 19 heavy (non-hydrogen) atoms. The van der Waals surface area contributed by atoms with E-state index in [1.807, 2.05) is 0 Å². The molecular weight excluding hydrogens is 297 g/mol. The highest BCUT2D eigenvalue weighted by atomic mass is 35.5. The van der Waals surface area contributed by atoms with Crippen molar-refractivity contribution in [3.63, 3.8) is 0 Å². The Morgan fingerprint density at radius 2 is 1.89 bits per heavy atom. The van der Waals surface area contributed by atoms with E-state index in [0.717, 1.165) is 0 Å². The Labute approximate surface area is 118 Å². The highest BCUT2D eigenvalue weighted by Crippen LogP contribution is 2.33. The van der Waals surface area contributed by atoms with Gasteiger partial charge in [-0.25, -0.2) is 4.79 Å². The lowest BCUT2D eigenvalue weighted by Crippen LogP contribution is -2.36. The number of rotatable bonds is 5. The van der Waals surface area contributed by atoms with E-state index in [2.05, 4.69) is 5.32 Å². The molecule has 0 aromatic heterocycles. The van der Waals surface area contributed by atoms with Crippen molar-refractivity contribution in [3.05, 3.63) is 27.7 Å². The molecule has 0 bridgehead atoms. The van der Waals surface area contributed by atoms with Gasteiger partial charge in [-0.3, -0.25) is 4.79 Å². The fourth-order valence-corrected chi connectivity index (χ4v) is 1.91. The van der Waals surface area contributed by atoms with Gasteiger partial charge in [0.2, 0.25) is 0 Å². The Morgan fingerprint density at radius 3 is 2.32 bits per heavy atom. The van der Waals surface area contributed by atoms with Crippen LogP contribution < -0.4 is 10.1 Å². The van der Waals surface area contributed by atoms with Gasteiger partial charge >= 0.3 is 5.97 Å². The molecule has 0 aliphatic heterocycles. The molecule has 1 aromatic carbocycles. The maximum Gasteiger partial charge on any atom is 0.334 e. The summed E-state index contributed by atoms with van der Waals surface area (Å²) >= 11 is 11.7. The van der Waals surface area contributed by atoms with Crippen LogP contribution in [0.2, 0.25) is 10.0 Å². The number of carbonyl (C=O) groups is 2. The van der Waals surface area contributed by atoms with Gasteiger partial charge in [0.15, 0.2) is 11.9 Å². The molecule has 104 valence electrons. The Bertz CT molecular complexity index is 483. The monoisotopic (exact) mass is 307 g/mol.